The van der Waals surface area contributed by atoms with E-state index in [9.17, 15) is 9.90 Å². The average molecular weight is 343 g/mol. The van der Waals surface area contributed by atoms with Crippen LogP contribution in [-0.4, -0.2) is 26.3 Å². The van der Waals surface area contributed by atoms with E-state index in [0.29, 0.717) is 16.7 Å². The van der Waals surface area contributed by atoms with Gasteiger partial charge in [-0.25, -0.2) is 4.98 Å². The first-order valence-electron chi connectivity index (χ1n) is 6.03. The molecule has 0 saturated heterocycles. The van der Waals surface area contributed by atoms with Gasteiger partial charge in [0.05, 0.1) is 17.0 Å². The Morgan fingerprint density at radius 2 is 2.29 bits per heavy atom. The number of alkyl halides is 1. The minimum absolute atomic E-state index is 0.114. The van der Waals surface area contributed by atoms with E-state index in [1.807, 2.05) is 12.1 Å². The summed E-state index contributed by atoms with van der Waals surface area (Å²) in [6.07, 6.45) is 3.36. The molecule has 0 radical (unpaired) electrons. The molecule has 5 nitrogen and oxygen atoms in total. The van der Waals surface area contributed by atoms with Crippen LogP contribution in [0.2, 0.25) is 4.47 Å². The molecule has 0 fully saturated rings. The molecule has 3 rings (SSSR count). The quantitative estimate of drug-likeness (QED) is 0.450. The average Bonchev–Trinajstić information content (AvgIpc) is 3.01. The molecule has 0 spiro atoms. The summed E-state index contributed by atoms with van der Waals surface area (Å²) in [5, 5.41) is 10.4. The number of hydrogen-bond acceptors (Lipinski definition) is 4. The highest BCUT2D eigenvalue weighted by Crippen LogP contribution is 2.24. The lowest BCUT2D eigenvalue weighted by atomic mass is 10.3. The van der Waals surface area contributed by atoms with Crippen LogP contribution in [0.3, 0.4) is 0 Å². The molecule has 21 heavy (non-hydrogen) atoms. The van der Waals surface area contributed by atoms with Crippen molar-refractivity contribution in [3.63, 3.8) is 0 Å². The summed E-state index contributed by atoms with van der Waals surface area (Å²) in [6.45, 7) is 0.374. The monoisotopic (exact) mass is 342 g/mol. The van der Waals surface area contributed by atoms with Crippen LogP contribution < -0.4 is 4.40 Å². The summed E-state index contributed by atoms with van der Waals surface area (Å²) < 4.78 is 3.69. The van der Waals surface area contributed by atoms with Crippen LogP contribution in [-0.2, 0) is 6.54 Å². The Hall–Kier alpha value is -1.63. The number of Topliss-reactive ketones (excluding diaryl/α,β-unsaturated/α-hetero) is 1. The van der Waals surface area contributed by atoms with Crippen LogP contribution in [0.1, 0.15) is 15.4 Å². The molecule has 0 aliphatic rings. The van der Waals surface area contributed by atoms with Gasteiger partial charge in [0.2, 0.25) is 5.78 Å². The highest BCUT2D eigenvalue weighted by atomic mass is 35.5. The van der Waals surface area contributed by atoms with Gasteiger partial charge < -0.3 is 5.11 Å². The van der Waals surface area contributed by atoms with Gasteiger partial charge in [-0.15, -0.1) is 22.9 Å². The van der Waals surface area contributed by atoms with Crippen LogP contribution >= 0.6 is 34.5 Å². The molecule has 0 aliphatic carbocycles. The molecule has 3 heterocycles. The van der Waals surface area contributed by atoms with E-state index in [2.05, 4.69) is 4.98 Å². The van der Waals surface area contributed by atoms with Gasteiger partial charge >= 0.3 is 5.88 Å². The van der Waals surface area contributed by atoms with E-state index in [4.69, 9.17) is 23.2 Å². The lowest BCUT2D eigenvalue weighted by Crippen LogP contribution is -2.27. The topological polar surface area (TPSA) is 59.2 Å². The highest BCUT2D eigenvalue weighted by molar-refractivity contribution is 7.15. The number of nitrogens with zero attached hydrogens (tertiary/aromatic N) is 3. The molecule has 108 valence electrons. The van der Waals surface area contributed by atoms with E-state index < -0.39 is 0 Å². The number of rotatable bonds is 4. The summed E-state index contributed by atoms with van der Waals surface area (Å²) in [4.78, 5) is 16.8. The number of aromatic hydroxyl groups is 1. The van der Waals surface area contributed by atoms with Crippen molar-refractivity contribution in [2.75, 3.05) is 5.88 Å². The zero-order chi connectivity index (χ0) is 15.0. The molecule has 0 unspecified atom stereocenters. The molecule has 0 aromatic carbocycles. The van der Waals surface area contributed by atoms with Gasteiger partial charge in [0, 0.05) is 12.3 Å². The third-order valence-corrected chi connectivity index (χ3v) is 4.39. The lowest BCUT2D eigenvalue weighted by Gasteiger charge is -1.95. The maximum absolute atomic E-state index is 12.0. The maximum Gasteiger partial charge on any atom is 0.335 e. The molecule has 8 heteroatoms. The Kier molecular flexibility index (Phi) is 3.84. The molecule has 0 atom stereocenters. The molecular formula is C13H10Cl2N3O2S+. The summed E-state index contributed by atoms with van der Waals surface area (Å²) in [5.74, 6) is -0.645. The number of fused-ring (bicyclic) bond motifs is 1. The summed E-state index contributed by atoms with van der Waals surface area (Å²) in [7, 11) is 0. The van der Waals surface area contributed by atoms with Gasteiger partial charge in [0.1, 0.15) is 6.54 Å². The van der Waals surface area contributed by atoms with Crippen molar-refractivity contribution in [3.05, 3.63) is 45.6 Å². The predicted molar refractivity (Wildman–Crippen MR) is 80.5 cm³/mol. The molecule has 1 N–H and O–H groups in total. The molecule has 0 amide bonds. The first kappa shape index (κ1) is 14.3. The fourth-order valence-corrected chi connectivity index (χ4v) is 3.27. The minimum Gasteiger partial charge on any atom is -0.475 e. The number of aromatic nitrogens is 3. The largest absolute Gasteiger partial charge is 0.475 e. The van der Waals surface area contributed by atoms with Gasteiger partial charge in [-0.2, -0.15) is 8.97 Å². The smallest absolute Gasteiger partial charge is 0.335 e. The predicted octanol–water partition coefficient (Wildman–Crippen LogP) is 2.51. The number of carbonyl (C=O) groups is 1. The first-order chi connectivity index (χ1) is 10.1. The number of pyridine rings is 1. The van der Waals surface area contributed by atoms with Gasteiger partial charge in [-0.1, -0.05) is 17.7 Å². The molecule has 3 aromatic rings. The van der Waals surface area contributed by atoms with Crippen LogP contribution in [0.5, 0.6) is 5.88 Å². The Morgan fingerprint density at radius 1 is 1.48 bits per heavy atom. The Balaban J connectivity index is 2.18. The normalized spacial score (nSPS) is 11.1. The van der Waals surface area contributed by atoms with E-state index in [-0.39, 0.29) is 23.2 Å². The zero-order valence-corrected chi connectivity index (χ0v) is 13.0. The van der Waals surface area contributed by atoms with Crippen molar-refractivity contribution in [2.45, 2.75) is 6.54 Å². The van der Waals surface area contributed by atoms with Crippen LogP contribution in [0, 0.1) is 0 Å². The second-order valence-corrected chi connectivity index (χ2v) is 6.29. The van der Waals surface area contributed by atoms with Gasteiger partial charge in [0.25, 0.3) is 11.3 Å². The van der Waals surface area contributed by atoms with E-state index in [1.54, 1.807) is 27.4 Å². The number of thiazole rings is 1. The van der Waals surface area contributed by atoms with Crippen molar-refractivity contribution < 1.29 is 14.3 Å². The lowest BCUT2D eigenvalue weighted by molar-refractivity contribution is -0.513. The summed E-state index contributed by atoms with van der Waals surface area (Å²) >= 11 is 12.8. The number of halogens is 2. The SMILES string of the molecule is O=C(CCl)c1c(O)n(Cc2cnc(Cl)s2)c2cccc[n+]12. The molecule has 0 saturated carbocycles. The first-order valence-corrected chi connectivity index (χ1v) is 7.76. The fourth-order valence-electron chi connectivity index (χ4n) is 2.18. The zero-order valence-electron chi connectivity index (χ0n) is 10.7. The second kappa shape index (κ2) is 5.63. The van der Waals surface area contributed by atoms with Crippen molar-refractivity contribution in [1.82, 2.24) is 9.55 Å². The molecular weight excluding hydrogens is 333 g/mol. The Bertz CT molecular complexity index is 828. The minimum atomic E-state index is -0.337. The molecule has 3 aromatic heterocycles. The van der Waals surface area contributed by atoms with E-state index in [0.717, 1.165) is 4.88 Å². The number of carbonyl (C=O) groups excluding carboxylic acids is 1. The molecule has 0 aliphatic heterocycles. The third kappa shape index (κ3) is 2.50. The van der Waals surface area contributed by atoms with Crippen LogP contribution in [0.25, 0.3) is 5.65 Å². The van der Waals surface area contributed by atoms with E-state index in [1.165, 1.54) is 11.3 Å². The van der Waals surface area contributed by atoms with Crippen molar-refractivity contribution in [3.8, 4) is 5.88 Å². The maximum atomic E-state index is 12.0. The summed E-state index contributed by atoms with van der Waals surface area (Å²) in [5.41, 5.74) is 0.865. The number of ketones is 1. The second-order valence-electron chi connectivity index (χ2n) is 4.32. The Labute approximate surface area is 134 Å². The van der Waals surface area contributed by atoms with Gasteiger partial charge in [-0.3, -0.25) is 4.79 Å². The van der Waals surface area contributed by atoms with E-state index >= 15 is 0 Å². The van der Waals surface area contributed by atoms with Gasteiger partial charge in [0.15, 0.2) is 4.47 Å². The van der Waals surface area contributed by atoms with Crippen molar-refractivity contribution in [1.29, 1.82) is 0 Å². The fraction of sp³-hybridized carbons (Fsp3) is 0.154. The van der Waals surface area contributed by atoms with Crippen molar-refractivity contribution in [2.24, 2.45) is 0 Å². The standard InChI is InChI=1S/C13H9Cl2N3O2S/c14-5-9(19)11-12(20)18(7-8-6-16-13(15)21-8)10-3-1-2-4-17(10)11/h1-4,6H,5,7H2/p+1. The summed E-state index contributed by atoms with van der Waals surface area (Å²) in [6, 6.07) is 5.43. The van der Waals surface area contributed by atoms with Crippen LogP contribution in [0.15, 0.2) is 30.6 Å². The highest BCUT2D eigenvalue weighted by Gasteiger charge is 2.30. The number of imidazole rings is 1. The Morgan fingerprint density at radius 3 is 2.95 bits per heavy atom. The van der Waals surface area contributed by atoms with Crippen molar-refractivity contribution >= 4 is 46.0 Å². The molecule has 0 bridgehead atoms. The van der Waals surface area contributed by atoms with Gasteiger partial charge in [-0.05, 0) is 6.07 Å². The van der Waals surface area contributed by atoms with Crippen LogP contribution in [0.4, 0.5) is 0 Å². The third-order valence-electron chi connectivity index (χ3n) is 3.05. The number of hydrogen-bond donors (Lipinski definition) is 1.